The van der Waals surface area contributed by atoms with Gasteiger partial charge in [0.1, 0.15) is 0 Å². The summed E-state index contributed by atoms with van der Waals surface area (Å²) >= 11 is 0. The molecule has 6 nitrogen and oxygen atoms in total. The van der Waals surface area contributed by atoms with Gasteiger partial charge < -0.3 is 10.1 Å². The molecule has 27 heavy (non-hydrogen) atoms. The number of rotatable bonds is 5. The van der Waals surface area contributed by atoms with Crippen molar-refractivity contribution in [1.82, 2.24) is 10.6 Å². The number of carbonyl (C=O) groups is 3. The highest BCUT2D eigenvalue weighted by Crippen LogP contribution is 2.17. The van der Waals surface area contributed by atoms with Crippen LogP contribution in [-0.2, 0) is 20.7 Å². The predicted octanol–water partition coefficient (Wildman–Crippen LogP) is 3.08. The number of ether oxygens (including phenoxy) is 1. The Bertz CT molecular complexity index is 828. The van der Waals surface area contributed by atoms with Crippen molar-refractivity contribution < 1.29 is 19.1 Å². The third-order valence-electron chi connectivity index (χ3n) is 4.72. The van der Waals surface area contributed by atoms with Crippen molar-refractivity contribution >= 4 is 28.7 Å². The van der Waals surface area contributed by atoms with Gasteiger partial charge in [0.15, 0.2) is 6.61 Å². The van der Waals surface area contributed by atoms with E-state index in [0.29, 0.717) is 0 Å². The summed E-state index contributed by atoms with van der Waals surface area (Å²) in [6.45, 7) is -0.468. The topological polar surface area (TPSA) is 84.5 Å². The first kappa shape index (κ1) is 18.9. The van der Waals surface area contributed by atoms with Crippen molar-refractivity contribution in [2.75, 3.05) is 6.61 Å². The van der Waals surface area contributed by atoms with E-state index < -0.39 is 24.5 Å². The van der Waals surface area contributed by atoms with E-state index >= 15 is 0 Å². The number of hydrogen-bond acceptors (Lipinski definition) is 4. The zero-order valence-corrected chi connectivity index (χ0v) is 15.2. The number of benzene rings is 2. The third kappa shape index (κ3) is 5.81. The van der Waals surface area contributed by atoms with E-state index in [1.54, 1.807) is 0 Å². The van der Waals surface area contributed by atoms with Crippen LogP contribution in [0.15, 0.2) is 42.5 Å². The minimum Gasteiger partial charge on any atom is -0.455 e. The van der Waals surface area contributed by atoms with Crippen molar-refractivity contribution in [1.29, 1.82) is 0 Å². The fourth-order valence-electron chi connectivity index (χ4n) is 3.34. The van der Waals surface area contributed by atoms with E-state index in [2.05, 4.69) is 10.6 Å². The molecule has 142 valence electrons. The molecular formula is C21H24N2O4. The van der Waals surface area contributed by atoms with E-state index in [-0.39, 0.29) is 12.5 Å². The number of carbonyl (C=O) groups excluding carboxylic acids is 3. The fourth-order valence-corrected chi connectivity index (χ4v) is 3.34. The van der Waals surface area contributed by atoms with Crippen LogP contribution in [-0.4, -0.2) is 30.6 Å². The molecule has 0 aromatic heterocycles. The number of imide groups is 1. The molecule has 3 rings (SSSR count). The van der Waals surface area contributed by atoms with E-state index in [0.717, 1.165) is 42.0 Å². The first-order chi connectivity index (χ1) is 13.1. The van der Waals surface area contributed by atoms with Gasteiger partial charge in [-0.1, -0.05) is 61.7 Å². The number of esters is 1. The Labute approximate surface area is 158 Å². The largest absolute Gasteiger partial charge is 0.455 e. The lowest BCUT2D eigenvalue weighted by molar-refractivity contribution is -0.147. The maximum absolute atomic E-state index is 12.0. The average Bonchev–Trinajstić information content (AvgIpc) is 2.67. The first-order valence-corrected chi connectivity index (χ1v) is 9.34. The lowest BCUT2D eigenvalue weighted by atomic mass is 9.96. The Hall–Kier alpha value is -2.89. The molecule has 1 saturated carbocycles. The molecule has 2 N–H and O–H groups in total. The number of hydrogen-bond donors (Lipinski definition) is 2. The molecule has 3 amide bonds. The van der Waals surface area contributed by atoms with Crippen molar-refractivity contribution in [3.05, 3.63) is 48.0 Å². The summed E-state index contributed by atoms with van der Waals surface area (Å²) in [5.41, 5.74) is 0.814. The standard InChI is InChI=1S/C21H24N2O4/c24-19(23-21(26)22-18-8-2-1-3-9-18)14-27-20(25)13-15-10-11-16-6-4-5-7-17(16)12-15/h4-7,10-12,18H,1-3,8-9,13-14H2,(H2,22,23,24,26). The van der Waals surface area contributed by atoms with E-state index in [1.807, 2.05) is 42.5 Å². The number of amides is 3. The summed E-state index contributed by atoms with van der Waals surface area (Å²) in [6, 6.07) is 13.2. The second-order valence-corrected chi connectivity index (χ2v) is 6.88. The molecule has 0 radical (unpaired) electrons. The van der Waals surface area contributed by atoms with Crippen LogP contribution in [0.25, 0.3) is 10.8 Å². The molecule has 1 aliphatic rings. The highest BCUT2D eigenvalue weighted by molar-refractivity contribution is 5.95. The number of urea groups is 1. The van der Waals surface area contributed by atoms with Gasteiger partial charge in [-0.15, -0.1) is 0 Å². The molecule has 1 fully saturated rings. The highest BCUT2D eigenvalue weighted by atomic mass is 16.5. The molecule has 0 spiro atoms. The average molecular weight is 368 g/mol. The summed E-state index contributed by atoms with van der Waals surface area (Å²) < 4.78 is 4.98. The second-order valence-electron chi connectivity index (χ2n) is 6.88. The molecular weight excluding hydrogens is 344 g/mol. The molecule has 2 aromatic carbocycles. The normalized spacial score (nSPS) is 14.5. The van der Waals surface area contributed by atoms with Crippen LogP contribution in [0.3, 0.4) is 0 Å². The lowest BCUT2D eigenvalue weighted by Crippen LogP contribution is -2.46. The Morgan fingerprint density at radius 1 is 0.963 bits per heavy atom. The summed E-state index contributed by atoms with van der Waals surface area (Å²) in [7, 11) is 0. The summed E-state index contributed by atoms with van der Waals surface area (Å²) in [5, 5.41) is 7.12. The molecule has 0 bridgehead atoms. The lowest BCUT2D eigenvalue weighted by Gasteiger charge is -2.22. The zero-order valence-electron chi connectivity index (χ0n) is 15.2. The van der Waals surface area contributed by atoms with Gasteiger partial charge in [0.2, 0.25) is 0 Å². The van der Waals surface area contributed by atoms with E-state index in [1.165, 1.54) is 6.42 Å². The van der Waals surface area contributed by atoms with Crippen LogP contribution in [0.4, 0.5) is 4.79 Å². The van der Waals surface area contributed by atoms with Crippen LogP contribution in [0.1, 0.15) is 37.7 Å². The highest BCUT2D eigenvalue weighted by Gasteiger charge is 2.17. The Morgan fingerprint density at radius 2 is 1.70 bits per heavy atom. The van der Waals surface area contributed by atoms with Gasteiger partial charge in [-0.3, -0.25) is 14.9 Å². The van der Waals surface area contributed by atoms with Crippen molar-refractivity contribution in [3.63, 3.8) is 0 Å². The van der Waals surface area contributed by atoms with Gasteiger partial charge >= 0.3 is 12.0 Å². The molecule has 0 heterocycles. The SMILES string of the molecule is O=C(COC(=O)Cc1ccc2ccccc2c1)NC(=O)NC1CCCCC1. The van der Waals surface area contributed by atoms with Gasteiger partial charge in [-0.25, -0.2) is 4.79 Å². The molecule has 6 heteroatoms. The molecule has 1 aliphatic carbocycles. The van der Waals surface area contributed by atoms with Gasteiger partial charge in [0, 0.05) is 6.04 Å². The number of nitrogens with one attached hydrogen (secondary N) is 2. The predicted molar refractivity (Wildman–Crippen MR) is 102 cm³/mol. The van der Waals surface area contributed by atoms with Crippen molar-refractivity contribution in [2.45, 2.75) is 44.6 Å². The fraction of sp³-hybridized carbons (Fsp3) is 0.381. The van der Waals surface area contributed by atoms with Crippen LogP contribution in [0.5, 0.6) is 0 Å². The molecule has 2 aromatic rings. The van der Waals surface area contributed by atoms with Gasteiger partial charge in [-0.05, 0) is 29.2 Å². The van der Waals surface area contributed by atoms with E-state index in [9.17, 15) is 14.4 Å². The minimum absolute atomic E-state index is 0.0758. The van der Waals surface area contributed by atoms with Crippen LogP contribution < -0.4 is 10.6 Å². The molecule has 0 atom stereocenters. The van der Waals surface area contributed by atoms with Crippen molar-refractivity contribution in [2.24, 2.45) is 0 Å². The Kier molecular flexibility index (Phi) is 6.41. The summed E-state index contributed by atoms with van der Waals surface area (Å²) in [4.78, 5) is 35.5. The maximum atomic E-state index is 12.0. The maximum Gasteiger partial charge on any atom is 0.321 e. The van der Waals surface area contributed by atoms with Crippen molar-refractivity contribution in [3.8, 4) is 0 Å². The minimum atomic E-state index is -0.629. The Morgan fingerprint density at radius 3 is 2.48 bits per heavy atom. The molecule has 0 unspecified atom stereocenters. The van der Waals surface area contributed by atoms with Crippen LogP contribution in [0.2, 0.25) is 0 Å². The monoisotopic (exact) mass is 368 g/mol. The molecule has 0 aliphatic heterocycles. The summed E-state index contributed by atoms with van der Waals surface area (Å²) in [6.07, 6.45) is 5.31. The Balaban J connectivity index is 1.41. The quantitative estimate of drug-likeness (QED) is 0.795. The zero-order chi connectivity index (χ0) is 19.1. The number of fused-ring (bicyclic) bond motifs is 1. The summed E-state index contributed by atoms with van der Waals surface area (Å²) in [5.74, 6) is -1.14. The molecule has 0 saturated heterocycles. The second kappa shape index (κ2) is 9.16. The van der Waals surface area contributed by atoms with Gasteiger partial charge in [0.25, 0.3) is 5.91 Å². The van der Waals surface area contributed by atoms with E-state index in [4.69, 9.17) is 4.74 Å². The van der Waals surface area contributed by atoms with Crippen LogP contribution in [0, 0.1) is 0 Å². The van der Waals surface area contributed by atoms with Gasteiger partial charge in [0.05, 0.1) is 6.42 Å². The smallest absolute Gasteiger partial charge is 0.321 e. The van der Waals surface area contributed by atoms with Crippen LogP contribution >= 0.6 is 0 Å². The van der Waals surface area contributed by atoms with Gasteiger partial charge in [-0.2, -0.15) is 0 Å². The third-order valence-corrected chi connectivity index (χ3v) is 4.72. The first-order valence-electron chi connectivity index (χ1n) is 9.34.